The molecule has 0 spiro atoms. The van der Waals surface area contributed by atoms with Gasteiger partial charge in [0.05, 0.1) is 16.6 Å². The molecule has 0 N–H and O–H groups in total. The molecule has 4 nitrogen and oxygen atoms in total. The van der Waals surface area contributed by atoms with E-state index in [9.17, 15) is 4.39 Å². The minimum absolute atomic E-state index is 0.130. The minimum Gasteiger partial charge on any atom is -0.532 e. The Labute approximate surface area is 179 Å². The second-order valence-corrected chi connectivity index (χ2v) is 19.2. The number of hydrogen-bond donors (Lipinski definition) is 0. The molecule has 0 aliphatic rings. The molecule has 0 heterocycles. The zero-order chi connectivity index (χ0) is 21.8. The van der Waals surface area contributed by atoms with Gasteiger partial charge in [-0.15, -0.1) is 0 Å². The van der Waals surface area contributed by atoms with Crippen LogP contribution in [-0.4, -0.2) is 36.1 Å². The fraction of sp³-hybridized carbons (Fsp3) is 0.550. The molecule has 0 saturated carbocycles. The van der Waals surface area contributed by atoms with Crippen molar-refractivity contribution in [1.29, 1.82) is 0 Å². The summed E-state index contributed by atoms with van der Waals surface area (Å²) in [5.41, 5.74) is 0.252. The number of hydrogen-bond acceptors (Lipinski definition) is 4. The zero-order valence-electron chi connectivity index (χ0n) is 18.3. The van der Waals surface area contributed by atoms with Crippen LogP contribution in [0.25, 0.3) is 0 Å². The first-order chi connectivity index (χ1) is 12.6. The van der Waals surface area contributed by atoms with Crippen molar-refractivity contribution in [3.05, 3.63) is 40.4 Å². The third-order valence-electron chi connectivity index (χ3n) is 4.46. The average molecular weight is 491 g/mol. The van der Waals surface area contributed by atoms with E-state index >= 15 is 0 Å². The molecular formula is C20H33BrFNO3Si2. The Kier molecular flexibility index (Phi) is 8.68. The fourth-order valence-electron chi connectivity index (χ4n) is 1.98. The molecule has 28 heavy (non-hydrogen) atoms. The first-order valence-corrected chi connectivity index (χ1v) is 16.4. The Morgan fingerprint density at radius 2 is 1.79 bits per heavy atom. The first kappa shape index (κ1) is 25.1. The number of benzene rings is 1. The molecule has 0 aromatic heterocycles. The van der Waals surface area contributed by atoms with Crippen LogP contribution in [0.1, 0.15) is 26.3 Å². The highest BCUT2D eigenvalue weighted by atomic mass is 79.9. The van der Waals surface area contributed by atoms with Gasteiger partial charge in [-0.2, -0.15) is 0 Å². The predicted molar refractivity (Wildman–Crippen MR) is 124 cm³/mol. The van der Waals surface area contributed by atoms with Crippen molar-refractivity contribution in [2.24, 2.45) is 4.99 Å². The highest BCUT2D eigenvalue weighted by Gasteiger charge is 2.36. The van der Waals surface area contributed by atoms with Crippen molar-refractivity contribution in [1.82, 2.24) is 0 Å². The van der Waals surface area contributed by atoms with E-state index in [1.807, 2.05) is 19.6 Å². The van der Waals surface area contributed by atoms with E-state index in [1.165, 1.54) is 6.21 Å². The van der Waals surface area contributed by atoms with Crippen LogP contribution in [0.2, 0.25) is 37.8 Å². The molecule has 1 aromatic rings. The molecule has 8 heteroatoms. The lowest BCUT2D eigenvalue weighted by atomic mass is 10.2. The van der Waals surface area contributed by atoms with Gasteiger partial charge >= 0.3 is 0 Å². The number of halogens is 2. The average Bonchev–Trinajstić information content (AvgIpc) is 2.51. The van der Waals surface area contributed by atoms with Crippen molar-refractivity contribution >= 4 is 38.8 Å². The van der Waals surface area contributed by atoms with E-state index in [4.69, 9.17) is 13.6 Å². The van der Waals surface area contributed by atoms with E-state index in [2.05, 4.69) is 61.4 Å². The van der Waals surface area contributed by atoms with Gasteiger partial charge in [0.1, 0.15) is 18.2 Å². The van der Waals surface area contributed by atoms with Crippen LogP contribution in [0.4, 0.5) is 4.39 Å². The first-order valence-electron chi connectivity index (χ1n) is 9.31. The molecule has 0 atom stereocenters. The van der Waals surface area contributed by atoms with Crippen molar-refractivity contribution in [3.63, 3.8) is 0 Å². The quantitative estimate of drug-likeness (QED) is 0.167. The SMILES string of the molecule is C=C(/N=C/c1c(OCCO[Si](C)(C)C(C)(C)C)ccc(Br)c1F)O[Si](C)(C)C. The largest absolute Gasteiger partial charge is 0.532 e. The number of ether oxygens (including phenoxy) is 1. The van der Waals surface area contributed by atoms with Gasteiger partial charge in [0.15, 0.2) is 14.2 Å². The molecular weight excluding hydrogens is 457 g/mol. The van der Waals surface area contributed by atoms with Crippen molar-refractivity contribution in [3.8, 4) is 5.75 Å². The van der Waals surface area contributed by atoms with Gasteiger partial charge in [0.25, 0.3) is 0 Å². The summed E-state index contributed by atoms with van der Waals surface area (Å²) in [5, 5.41) is 0.130. The minimum atomic E-state index is -1.84. The molecule has 0 bridgehead atoms. The molecule has 158 valence electrons. The summed E-state index contributed by atoms with van der Waals surface area (Å²) in [4.78, 5) is 4.17. The second-order valence-electron chi connectivity index (χ2n) is 9.10. The van der Waals surface area contributed by atoms with Gasteiger partial charge in [-0.3, -0.25) is 0 Å². The van der Waals surface area contributed by atoms with Crippen LogP contribution in [0.5, 0.6) is 5.75 Å². The maximum Gasteiger partial charge on any atom is 0.244 e. The smallest absolute Gasteiger partial charge is 0.244 e. The summed E-state index contributed by atoms with van der Waals surface area (Å²) in [5.74, 6) is 0.238. The summed E-state index contributed by atoms with van der Waals surface area (Å²) in [6.07, 6.45) is 1.40. The Balaban J connectivity index is 2.85. The number of aliphatic imine (C=N–C) groups is 1. The molecule has 0 amide bonds. The summed E-state index contributed by atoms with van der Waals surface area (Å²) in [7, 11) is -3.66. The summed E-state index contributed by atoms with van der Waals surface area (Å²) >= 11 is 3.21. The Bertz CT molecular complexity index is 725. The van der Waals surface area contributed by atoms with Crippen LogP contribution >= 0.6 is 15.9 Å². The molecule has 1 aromatic carbocycles. The molecule has 0 aliphatic heterocycles. The van der Waals surface area contributed by atoms with Gasteiger partial charge in [-0.1, -0.05) is 20.8 Å². The van der Waals surface area contributed by atoms with Crippen molar-refractivity contribution < 1.29 is 18.0 Å². The molecule has 1 rings (SSSR count). The fourth-order valence-corrected chi connectivity index (χ4v) is 4.11. The molecule has 0 radical (unpaired) electrons. The zero-order valence-corrected chi connectivity index (χ0v) is 21.9. The monoisotopic (exact) mass is 489 g/mol. The van der Waals surface area contributed by atoms with Crippen LogP contribution in [0, 0.1) is 5.82 Å². The van der Waals surface area contributed by atoms with Gasteiger partial charge in [0, 0.05) is 6.21 Å². The van der Waals surface area contributed by atoms with Gasteiger partial charge in [0.2, 0.25) is 8.32 Å². The maximum absolute atomic E-state index is 14.6. The van der Waals surface area contributed by atoms with Crippen LogP contribution in [0.3, 0.4) is 0 Å². The summed E-state index contributed by atoms with van der Waals surface area (Å²) < 4.78 is 32.5. The van der Waals surface area contributed by atoms with Crippen molar-refractivity contribution in [2.45, 2.75) is 58.5 Å². The topological polar surface area (TPSA) is 40.0 Å². The lowest BCUT2D eigenvalue weighted by Crippen LogP contribution is -2.41. The molecule has 0 fully saturated rings. The molecule has 0 aliphatic carbocycles. The van der Waals surface area contributed by atoms with Crippen LogP contribution < -0.4 is 4.74 Å². The van der Waals surface area contributed by atoms with Crippen molar-refractivity contribution in [2.75, 3.05) is 13.2 Å². The Morgan fingerprint density at radius 1 is 1.18 bits per heavy atom. The highest BCUT2D eigenvalue weighted by Crippen LogP contribution is 2.36. The van der Waals surface area contributed by atoms with E-state index in [0.29, 0.717) is 23.4 Å². The molecule has 0 unspecified atom stereocenters. The Hall–Kier alpha value is -0.966. The van der Waals surface area contributed by atoms with Gasteiger partial charge in [-0.05, 0) is 72.4 Å². The number of rotatable bonds is 9. The van der Waals surface area contributed by atoms with Gasteiger partial charge < -0.3 is 13.6 Å². The van der Waals surface area contributed by atoms with Crippen LogP contribution in [-0.2, 0) is 8.85 Å². The third kappa shape index (κ3) is 7.81. The molecule has 0 saturated heterocycles. The summed E-state index contributed by atoms with van der Waals surface area (Å²) in [6, 6.07) is 3.33. The van der Waals surface area contributed by atoms with Gasteiger partial charge in [-0.25, -0.2) is 9.38 Å². The predicted octanol–water partition coefficient (Wildman–Crippen LogP) is 6.73. The lowest BCUT2D eigenvalue weighted by Gasteiger charge is -2.36. The maximum atomic E-state index is 14.6. The lowest BCUT2D eigenvalue weighted by molar-refractivity contribution is 0.203. The van der Waals surface area contributed by atoms with Crippen LogP contribution in [0.15, 0.2) is 34.1 Å². The number of nitrogens with zero attached hydrogens (tertiary/aromatic N) is 1. The van der Waals surface area contributed by atoms with E-state index in [1.54, 1.807) is 12.1 Å². The third-order valence-corrected chi connectivity index (χ3v) is 10.5. The Morgan fingerprint density at radius 3 is 2.32 bits per heavy atom. The summed E-state index contributed by atoms with van der Waals surface area (Å²) in [6.45, 7) is 21.6. The van der Waals surface area contributed by atoms with E-state index in [-0.39, 0.29) is 16.5 Å². The second kappa shape index (κ2) is 9.69. The van der Waals surface area contributed by atoms with E-state index in [0.717, 1.165) is 0 Å². The highest BCUT2D eigenvalue weighted by molar-refractivity contribution is 9.10. The van der Waals surface area contributed by atoms with E-state index < -0.39 is 22.5 Å². The normalized spacial score (nSPS) is 13.1. The standard InChI is InChI=1S/C20H33BrFNO3Si2/c1-15(26-27(5,6)7)23-14-16-18(11-10-17(21)19(16)22)24-12-13-25-28(8,9)20(2,3)4/h10-11,14H,1,12-13H2,2-9H3/b23-14+.